The number of aliphatic hydroxyl groups is 3. The van der Waals surface area contributed by atoms with E-state index in [1.165, 1.54) is 0 Å². The Hall–Kier alpha value is -0.200. The maximum atomic E-state index is 8.70. The Morgan fingerprint density at radius 1 is 1.15 bits per heavy atom. The van der Waals surface area contributed by atoms with Crippen molar-refractivity contribution >= 4 is 0 Å². The third-order valence-corrected chi connectivity index (χ3v) is 1.08. The highest BCUT2D eigenvalue weighted by Gasteiger charge is 2.06. The molecule has 0 amide bonds. The van der Waals surface area contributed by atoms with E-state index >= 15 is 0 Å². The molecule has 6 N–H and O–H groups in total. The van der Waals surface area contributed by atoms with Gasteiger partial charge in [-0.1, -0.05) is 0 Å². The Bertz CT molecular complexity index is 89.9. The van der Waals surface area contributed by atoms with Crippen molar-refractivity contribution in [3.63, 3.8) is 0 Å². The molecule has 5 nitrogen and oxygen atoms in total. The second kappa shape index (κ2) is 9.88. The zero-order chi connectivity index (χ0) is 10.7. The van der Waals surface area contributed by atoms with Gasteiger partial charge in [0.05, 0.1) is 18.8 Å². The van der Waals surface area contributed by atoms with Crippen LogP contribution in [0.3, 0.4) is 0 Å². The van der Waals surface area contributed by atoms with Crippen LogP contribution in [0.1, 0.15) is 13.8 Å². The van der Waals surface area contributed by atoms with Crippen LogP contribution in [0.5, 0.6) is 0 Å². The monoisotopic (exact) mass is 194 g/mol. The van der Waals surface area contributed by atoms with Crippen molar-refractivity contribution in [3.8, 4) is 0 Å². The SMILES string of the molecule is CC(C)(O)CN.OCCNCCO. The highest BCUT2D eigenvalue weighted by molar-refractivity contribution is 4.63. The van der Waals surface area contributed by atoms with Crippen molar-refractivity contribution in [2.24, 2.45) is 5.73 Å². The standard InChI is InChI=1S/C4H11NO2.C4H11NO/c6-3-1-5-2-4-7;1-4(2,6)3-5/h5-7H,1-4H2;6H,3,5H2,1-2H3. The molecule has 0 fully saturated rings. The van der Waals surface area contributed by atoms with Gasteiger partial charge in [0.2, 0.25) is 0 Å². The summed E-state index contributed by atoms with van der Waals surface area (Å²) in [6.07, 6.45) is 0. The van der Waals surface area contributed by atoms with Crippen molar-refractivity contribution in [2.75, 3.05) is 32.8 Å². The average molecular weight is 194 g/mol. The third kappa shape index (κ3) is 24.5. The van der Waals surface area contributed by atoms with Gasteiger partial charge in [-0.15, -0.1) is 0 Å². The molecule has 0 unspecified atom stereocenters. The molecule has 0 aliphatic heterocycles. The molecule has 0 saturated heterocycles. The summed E-state index contributed by atoms with van der Waals surface area (Å²) in [6.45, 7) is 5.09. The van der Waals surface area contributed by atoms with Crippen LogP contribution in [-0.4, -0.2) is 53.8 Å². The van der Waals surface area contributed by atoms with Crippen molar-refractivity contribution in [3.05, 3.63) is 0 Å². The molecule has 0 heterocycles. The minimum absolute atomic E-state index is 0.139. The van der Waals surface area contributed by atoms with Gasteiger partial charge >= 0.3 is 0 Å². The molecule has 0 rings (SSSR count). The van der Waals surface area contributed by atoms with Crippen molar-refractivity contribution in [1.29, 1.82) is 0 Å². The van der Waals surface area contributed by atoms with E-state index < -0.39 is 5.60 Å². The van der Waals surface area contributed by atoms with Gasteiger partial charge in [-0.3, -0.25) is 0 Å². The molecule has 82 valence electrons. The van der Waals surface area contributed by atoms with Gasteiger partial charge in [0.1, 0.15) is 0 Å². The van der Waals surface area contributed by atoms with E-state index in [1.807, 2.05) is 0 Å². The van der Waals surface area contributed by atoms with Gasteiger partial charge in [0, 0.05) is 19.6 Å². The quantitative estimate of drug-likeness (QED) is 0.335. The molecule has 0 aromatic carbocycles. The predicted octanol–water partition coefficient (Wildman–Crippen LogP) is -1.72. The van der Waals surface area contributed by atoms with Crippen LogP contribution >= 0.6 is 0 Å². The minimum Gasteiger partial charge on any atom is -0.395 e. The lowest BCUT2D eigenvalue weighted by Gasteiger charge is -2.11. The molecule has 0 aromatic rings. The summed E-state index contributed by atoms with van der Waals surface area (Å²) in [7, 11) is 0. The van der Waals surface area contributed by atoms with Crippen LogP contribution in [0.2, 0.25) is 0 Å². The van der Waals surface area contributed by atoms with Gasteiger partial charge in [-0.2, -0.15) is 0 Å². The zero-order valence-corrected chi connectivity index (χ0v) is 8.45. The maximum absolute atomic E-state index is 8.70. The number of hydrogen-bond acceptors (Lipinski definition) is 5. The lowest BCUT2D eigenvalue weighted by molar-refractivity contribution is 0.0898. The van der Waals surface area contributed by atoms with Gasteiger partial charge in [-0.05, 0) is 13.8 Å². The maximum Gasteiger partial charge on any atom is 0.0713 e. The van der Waals surface area contributed by atoms with Crippen LogP contribution < -0.4 is 11.1 Å². The van der Waals surface area contributed by atoms with E-state index in [-0.39, 0.29) is 13.2 Å². The van der Waals surface area contributed by atoms with Crippen molar-refractivity contribution < 1.29 is 15.3 Å². The Morgan fingerprint density at radius 3 is 1.62 bits per heavy atom. The fraction of sp³-hybridized carbons (Fsp3) is 1.00. The average Bonchev–Trinajstić information content (AvgIpc) is 2.06. The fourth-order valence-corrected chi connectivity index (χ4v) is 0.283. The Kier molecular flexibility index (Phi) is 11.6. The normalized spacial score (nSPS) is 10.6. The Labute approximate surface area is 79.6 Å². The topological polar surface area (TPSA) is 98.7 Å². The molecule has 0 radical (unpaired) electrons. The van der Waals surface area contributed by atoms with Gasteiger partial charge in [0.15, 0.2) is 0 Å². The van der Waals surface area contributed by atoms with E-state index in [2.05, 4.69) is 5.32 Å². The first-order valence-electron chi connectivity index (χ1n) is 4.32. The van der Waals surface area contributed by atoms with Crippen LogP contribution in [0.15, 0.2) is 0 Å². The summed E-state index contributed by atoms with van der Waals surface area (Å²) >= 11 is 0. The largest absolute Gasteiger partial charge is 0.395 e. The predicted molar refractivity (Wildman–Crippen MR) is 52.4 cm³/mol. The molecule has 0 aliphatic rings. The lowest BCUT2D eigenvalue weighted by Crippen LogP contribution is -2.29. The third-order valence-electron chi connectivity index (χ3n) is 1.08. The number of nitrogens with two attached hydrogens (primary N) is 1. The van der Waals surface area contributed by atoms with Gasteiger partial charge in [-0.25, -0.2) is 0 Å². The number of aliphatic hydroxyl groups excluding tert-OH is 2. The number of hydrogen-bond donors (Lipinski definition) is 5. The summed E-state index contributed by atoms with van der Waals surface area (Å²) in [6, 6.07) is 0. The molecule has 13 heavy (non-hydrogen) atoms. The fourth-order valence-electron chi connectivity index (χ4n) is 0.283. The molecular formula is C8H22N2O3. The first-order valence-corrected chi connectivity index (χ1v) is 4.32. The molecule has 0 aromatic heterocycles. The van der Waals surface area contributed by atoms with Crippen LogP contribution in [-0.2, 0) is 0 Å². The van der Waals surface area contributed by atoms with E-state index in [1.54, 1.807) is 13.8 Å². The van der Waals surface area contributed by atoms with E-state index in [9.17, 15) is 0 Å². The van der Waals surface area contributed by atoms with E-state index in [4.69, 9.17) is 21.1 Å². The summed E-state index contributed by atoms with van der Waals surface area (Å²) in [5.41, 5.74) is 4.38. The highest BCUT2D eigenvalue weighted by Crippen LogP contribution is 1.93. The molecular weight excluding hydrogens is 172 g/mol. The molecule has 0 bridgehead atoms. The molecule has 5 heteroatoms. The number of nitrogens with one attached hydrogen (secondary N) is 1. The first kappa shape index (κ1) is 15.3. The number of rotatable bonds is 5. The Morgan fingerprint density at radius 2 is 1.46 bits per heavy atom. The van der Waals surface area contributed by atoms with E-state index in [0.29, 0.717) is 19.6 Å². The van der Waals surface area contributed by atoms with Crippen LogP contribution in [0.4, 0.5) is 0 Å². The van der Waals surface area contributed by atoms with Crippen molar-refractivity contribution in [2.45, 2.75) is 19.4 Å². The van der Waals surface area contributed by atoms with Gasteiger partial charge in [0.25, 0.3) is 0 Å². The molecule has 0 aliphatic carbocycles. The van der Waals surface area contributed by atoms with Crippen molar-refractivity contribution in [1.82, 2.24) is 5.32 Å². The zero-order valence-electron chi connectivity index (χ0n) is 8.45. The first-order chi connectivity index (χ1) is 5.97. The van der Waals surface area contributed by atoms with Crippen LogP contribution in [0, 0.1) is 0 Å². The smallest absolute Gasteiger partial charge is 0.0713 e. The summed E-state index contributed by atoms with van der Waals surface area (Å²) in [4.78, 5) is 0. The summed E-state index contributed by atoms with van der Waals surface area (Å²) in [5.74, 6) is 0. The van der Waals surface area contributed by atoms with Gasteiger partial charge < -0.3 is 26.4 Å². The van der Waals surface area contributed by atoms with E-state index in [0.717, 1.165) is 0 Å². The second-order valence-electron chi connectivity index (χ2n) is 3.21. The second-order valence-corrected chi connectivity index (χ2v) is 3.21. The summed E-state index contributed by atoms with van der Waals surface area (Å²) in [5, 5.41) is 27.8. The molecule has 0 saturated carbocycles. The highest BCUT2D eigenvalue weighted by atomic mass is 16.3. The van der Waals surface area contributed by atoms with Crippen LogP contribution in [0.25, 0.3) is 0 Å². The molecule has 0 atom stereocenters. The minimum atomic E-state index is -0.681. The molecule has 0 spiro atoms. The Balaban J connectivity index is 0. The summed E-state index contributed by atoms with van der Waals surface area (Å²) < 4.78 is 0. The lowest BCUT2D eigenvalue weighted by atomic mass is 10.1.